The number of carboxylic acids is 1. The lowest BCUT2D eigenvalue weighted by atomic mass is 10.0. The minimum absolute atomic E-state index is 0.0188. The molecule has 0 radical (unpaired) electrons. The van der Waals surface area contributed by atoms with Crippen LogP contribution in [0.2, 0.25) is 0 Å². The van der Waals surface area contributed by atoms with Crippen molar-refractivity contribution in [1.82, 2.24) is 10.2 Å². The maximum atomic E-state index is 12.5. The number of carboxylic acid groups (broad SMARTS) is 1. The topological polar surface area (TPSA) is 113 Å². The molecule has 26 heavy (non-hydrogen) atoms. The number of thioether (sulfide) groups is 1. The quantitative estimate of drug-likeness (QED) is 0.664. The van der Waals surface area contributed by atoms with E-state index in [1.54, 1.807) is 43.3 Å². The summed E-state index contributed by atoms with van der Waals surface area (Å²) in [6, 6.07) is 7.20. The fraction of sp³-hybridized carbons (Fsp3) is 0.278. The molecule has 3 atom stereocenters. The van der Waals surface area contributed by atoms with Gasteiger partial charge in [-0.3, -0.25) is 14.5 Å². The van der Waals surface area contributed by atoms with Crippen molar-refractivity contribution in [2.75, 3.05) is 5.75 Å². The molecule has 0 aromatic heterocycles. The zero-order valence-corrected chi connectivity index (χ0v) is 14.9. The van der Waals surface area contributed by atoms with Crippen molar-refractivity contribution in [3.63, 3.8) is 0 Å². The van der Waals surface area contributed by atoms with Crippen LogP contribution in [0.25, 0.3) is 0 Å². The molecule has 0 aliphatic carbocycles. The van der Waals surface area contributed by atoms with Crippen LogP contribution in [0.4, 0.5) is 0 Å². The largest absolute Gasteiger partial charge is 0.477 e. The Balaban J connectivity index is 1.75. The highest BCUT2D eigenvalue weighted by molar-refractivity contribution is 8.00. The lowest BCUT2D eigenvalue weighted by Gasteiger charge is -2.49. The van der Waals surface area contributed by atoms with Crippen LogP contribution in [0, 0.1) is 0 Å². The third-order valence-corrected chi connectivity index (χ3v) is 5.61. The number of nitrogens with two attached hydrogens (primary N) is 1. The number of rotatable bonds is 5. The predicted octanol–water partition coefficient (Wildman–Crippen LogP) is 1.00. The highest BCUT2D eigenvalue weighted by Crippen LogP contribution is 2.40. The Morgan fingerprint density at radius 3 is 2.69 bits per heavy atom. The fourth-order valence-corrected chi connectivity index (χ4v) is 4.35. The van der Waals surface area contributed by atoms with Gasteiger partial charge in [-0.05, 0) is 18.1 Å². The smallest absolute Gasteiger partial charge is 0.352 e. The van der Waals surface area contributed by atoms with E-state index in [1.165, 1.54) is 16.7 Å². The molecule has 1 fully saturated rings. The normalized spacial score (nSPS) is 23.5. The van der Waals surface area contributed by atoms with E-state index in [1.807, 2.05) is 6.07 Å². The number of nitrogens with one attached hydrogen (secondary N) is 1. The van der Waals surface area contributed by atoms with Gasteiger partial charge >= 0.3 is 5.97 Å². The number of carbonyl (C=O) groups excluding carboxylic acids is 2. The summed E-state index contributed by atoms with van der Waals surface area (Å²) < 4.78 is 0. The standard InChI is InChI=1S/C18H19N3O4S/c1-2-6-11-9-26-17-13(16(23)21(17)14(11)18(24)25)20-15(22)12(19)10-7-4-3-5-8-10/h2-8,12-13,17H,9,19H2,1H3,(H,20,22)(H,24,25)/b6-2-/t12?,13-,17-/m1/s1. The zero-order chi connectivity index (χ0) is 18.8. The van der Waals surface area contributed by atoms with Crippen molar-refractivity contribution in [3.05, 3.63) is 59.3 Å². The SMILES string of the molecule is C/C=C\C1=C(C(=O)O)N2C(=O)[C@@H](NC(=O)C(N)c3ccccc3)[C@H]2SC1. The Hall–Kier alpha value is -2.58. The Bertz CT molecular complexity index is 806. The minimum atomic E-state index is -1.15. The molecule has 2 aliphatic rings. The van der Waals surface area contributed by atoms with Gasteiger partial charge in [-0.25, -0.2) is 4.79 Å². The zero-order valence-electron chi connectivity index (χ0n) is 14.1. The van der Waals surface area contributed by atoms with Gasteiger partial charge in [-0.1, -0.05) is 42.5 Å². The average Bonchev–Trinajstić information content (AvgIpc) is 2.65. The first-order valence-electron chi connectivity index (χ1n) is 8.10. The van der Waals surface area contributed by atoms with E-state index >= 15 is 0 Å². The van der Waals surface area contributed by atoms with Crippen LogP contribution in [0.1, 0.15) is 18.5 Å². The van der Waals surface area contributed by atoms with E-state index in [0.29, 0.717) is 16.9 Å². The van der Waals surface area contributed by atoms with Gasteiger partial charge in [-0.2, -0.15) is 0 Å². The number of aliphatic carboxylic acids is 1. The lowest BCUT2D eigenvalue weighted by Crippen LogP contribution is -2.71. The molecule has 4 N–H and O–H groups in total. The highest BCUT2D eigenvalue weighted by atomic mass is 32.2. The molecule has 2 aliphatic heterocycles. The summed E-state index contributed by atoms with van der Waals surface area (Å²) in [5.41, 5.74) is 7.17. The maximum Gasteiger partial charge on any atom is 0.352 e. The second-order valence-electron chi connectivity index (χ2n) is 5.96. The van der Waals surface area contributed by atoms with Crippen molar-refractivity contribution in [2.45, 2.75) is 24.4 Å². The summed E-state index contributed by atoms with van der Waals surface area (Å²) in [5, 5.41) is 11.7. The van der Waals surface area contributed by atoms with Gasteiger partial charge in [0.15, 0.2) is 0 Å². The second-order valence-corrected chi connectivity index (χ2v) is 7.07. The average molecular weight is 373 g/mol. The number of amides is 2. The molecule has 0 saturated carbocycles. The van der Waals surface area contributed by atoms with Crippen molar-refractivity contribution < 1.29 is 19.5 Å². The van der Waals surface area contributed by atoms with Gasteiger partial charge < -0.3 is 16.2 Å². The summed E-state index contributed by atoms with van der Waals surface area (Å²) in [5.74, 6) is -1.59. The third kappa shape index (κ3) is 3.13. The van der Waals surface area contributed by atoms with Gasteiger partial charge in [0.25, 0.3) is 5.91 Å². The summed E-state index contributed by atoms with van der Waals surface area (Å²) >= 11 is 1.42. The lowest BCUT2D eigenvalue weighted by molar-refractivity contribution is -0.150. The Morgan fingerprint density at radius 1 is 1.38 bits per heavy atom. The number of benzene rings is 1. The number of allylic oxidation sites excluding steroid dienone is 2. The monoisotopic (exact) mass is 373 g/mol. The molecule has 2 amide bonds. The Morgan fingerprint density at radius 2 is 2.08 bits per heavy atom. The first-order valence-corrected chi connectivity index (χ1v) is 9.15. The van der Waals surface area contributed by atoms with Crippen LogP contribution in [0.15, 0.2) is 53.8 Å². The van der Waals surface area contributed by atoms with Crippen LogP contribution < -0.4 is 11.1 Å². The predicted molar refractivity (Wildman–Crippen MR) is 97.9 cm³/mol. The van der Waals surface area contributed by atoms with E-state index in [0.717, 1.165) is 0 Å². The second kappa shape index (κ2) is 7.35. The van der Waals surface area contributed by atoms with Crippen LogP contribution >= 0.6 is 11.8 Å². The van der Waals surface area contributed by atoms with Crippen molar-refractivity contribution >= 4 is 29.5 Å². The summed E-state index contributed by atoms with van der Waals surface area (Å²) in [6.07, 6.45) is 3.43. The molecule has 1 saturated heterocycles. The van der Waals surface area contributed by atoms with Crippen molar-refractivity contribution in [3.8, 4) is 0 Å². The molecular formula is C18H19N3O4S. The van der Waals surface area contributed by atoms with E-state index in [-0.39, 0.29) is 5.70 Å². The van der Waals surface area contributed by atoms with Crippen LogP contribution in [0.3, 0.4) is 0 Å². The molecule has 1 aromatic carbocycles. The number of β-lactam (4-membered cyclic amide) rings is 1. The third-order valence-electron chi connectivity index (χ3n) is 4.31. The molecule has 136 valence electrons. The minimum Gasteiger partial charge on any atom is -0.477 e. The Kier molecular flexibility index (Phi) is 5.15. The molecular weight excluding hydrogens is 354 g/mol. The summed E-state index contributed by atoms with van der Waals surface area (Å²) in [4.78, 5) is 37.7. The number of hydrogen-bond acceptors (Lipinski definition) is 5. The number of carbonyl (C=O) groups is 3. The van der Waals surface area contributed by atoms with Crippen molar-refractivity contribution in [2.24, 2.45) is 5.73 Å². The first kappa shape index (κ1) is 18.2. The summed E-state index contributed by atoms with van der Waals surface area (Å²) in [6.45, 7) is 1.79. The molecule has 3 rings (SSSR count). The molecule has 1 unspecified atom stereocenters. The van der Waals surface area contributed by atoms with Gasteiger partial charge in [0.05, 0.1) is 0 Å². The molecule has 2 heterocycles. The Labute approximate surface area is 154 Å². The van der Waals surface area contributed by atoms with Gasteiger partial charge in [0.2, 0.25) is 5.91 Å². The first-order chi connectivity index (χ1) is 12.5. The van der Waals surface area contributed by atoms with E-state index in [2.05, 4.69) is 5.32 Å². The highest BCUT2D eigenvalue weighted by Gasteiger charge is 2.54. The van der Waals surface area contributed by atoms with Crippen molar-refractivity contribution in [1.29, 1.82) is 0 Å². The number of fused-ring (bicyclic) bond motifs is 1. The van der Waals surface area contributed by atoms with Gasteiger partial charge in [0, 0.05) is 5.75 Å². The molecule has 0 spiro atoms. The maximum absolute atomic E-state index is 12.5. The van der Waals surface area contributed by atoms with Crippen LogP contribution in [0.5, 0.6) is 0 Å². The molecule has 1 aromatic rings. The molecule has 0 bridgehead atoms. The van der Waals surface area contributed by atoms with Gasteiger partial charge in [-0.15, -0.1) is 11.8 Å². The van der Waals surface area contributed by atoms with Crippen LogP contribution in [-0.2, 0) is 14.4 Å². The van der Waals surface area contributed by atoms with Crippen LogP contribution in [-0.4, -0.2) is 45.0 Å². The fourth-order valence-electron chi connectivity index (χ4n) is 3.03. The van der Waals surface area contributed by atoms with E-state index in [4.69, 9.17) is 5.73 Å². The van der Waals surface area contributed by atoms with Gasteiger partial charge in [0.1, 0.15) is 23.2 Å². The molecule has 8 heteroatoms. The number of nitrogens with zero attached hydrogens (tertiary/aromatic N) is 1. The van der Waals surface area contributed by atoms with E-state index in [9.17, 15) is 19.5 Å². The van der Waals surface area contributed by atoms with E-state index < -0.39 is 35.2 Å². The molecule has 7 nitrogen and oxygen atoms in total. The number of hydrogen-bond donors (Lipinski definition) is 3. The summed E-state index contributed by atoms with van der Waals surface area (Å²) in [7, 11) is 0.